The van der Waals surface area contributed by atoms with E-state index in [1.165, 1.54) is 11.1 Å². The van der Waals surface area contributed by atoms with E-state index in [-0.39, 0.29) is 26.3 Å². The minimum atomic E-state index is -0.906. The summed E-state index contributed by atoms with van der Waals surface area (Å²) in [5.41, 5.74) is 6.77. The van der Waals surface area contributed by atoms with Crippen LogP contribution in [0.3, 0.4) is 0 Å². The summed E-state index contributed by atoms with van der Waals surface area (Å²) in [6, 6.07) is 26.0. The van der Waals surface area contributed by atoms with Gasteiger partial charge in [0.05, 0.1) is 11.6 Å². The van der Waals surface area contributed by atoms with Crippen molar-refractivity contribution in [1.29, 1.82) is 0 Å². The zero-order valence-electron chi connectivity index (χ0n) is 19.0. The maximum absolute atomic E-state index is 13.3. The molecule has 0 saturated heterocycles. The molecule has 1 aromatic heterocycles. The van der Waals surface area contributed by atoms with Crippen LogP contribution in [0.1, 0.15) is 22.9 Å². The third kappa shape index (κ3) is 5.34. The second-order valence-electron chi connectivity index (χ2n) is 8.21. The van der Waals surface area contributed by atoms with Crippen LogP contribution in [0, 0.1) is 30.7 Å². The topological polar surface area (TPSA) is 30.2 Å². The van der Waals surface area contributed by atoms with Gasteiger partial charge in [0.2, 0.25) is 0 Å². The summed E-state index contributed by atoms with van der Waals surface area (Å²) >= 11 is 0. The molecule has 0 fully saturated rings. The molecule has 6 rings (SSSR count). The summed E-state index contributed by atoms with van der Waals surface area (Å²) in [5, 5.41) is 4.41. The number of hydrogen-bond acceptors (Lipinski definition) is 2. The molecule has 0 N–H and O–H groups in total. The standard InChI is InChI=1S/C18H12F2N.C11H10N2.Ir/c1-12-9-18(14-7-8-16(19)17(20)10-14)21-11-15(12)13-5-3-2-4-6-13;1-2-4-10-9(3-1)5-7-13-8-6-12-11(10)13;/h2-6,8-11H,1H3;1-3,6,8,11H,5,7H2;/q-1;-2;+3. The number of benzene rings is 3. The minimum absolute atomic E-state index is 0. The number of fused-ring (bicyclic) bond motifs is 3. The maximum atomic E-state index is 13.3. The molecule has 3 aromatic carbocycles. The first-order chi connectivity index (χ1) is 16.6. The SMILES string of the molecule is Cc1cc(-c2[c-]cc(F)c(F)c2)ncc1-c1ccccc1.[Ir+3].[c-]1cccc2c1C1[N-]C=CN1CC2. The fourth-order valence-corrected chi connectivity index (χ4v) is 4.22. The van der Waals surface area contributed by atoms with E-state index in [1.54, 1.807) is 6.20 Å². The predicted molar refractivity (Wildman–Crippen MR) is 130 cm³/mol. The van der Waals surface area contributed by atoms with E-state index in [9.17, 15) is 8.78 Å². The zero-order chi connectivity index (χ0) is 23.5. The minimum Gasteiger partial charge on any atom is -0.668 e. The van der Waals surface area contributed by atoms with Gasteiger partial charge in [-0.1, -0.05) is 42.8 Å². The van der Waals surface area contributed by atoms with Crippen molar-refractivity contribution in [2.75, 3.05) is 6.54 Å². The van der Waals surface area contributed by atoms with Gasteiger partial charge >= 0.3 is 20.1 Å². The largest absolute Gasteiger partial charge is 3.00 e. The Morgan fingerprint density at radius 2 is 1.86 bits per heavy atom. The number of nitrogens with zero attached hydrogens (tertiary/aromatic N) is 3. The first-order valence-electron chi connectivity index (χ1n) is 11.1. The van der Waals surface area contributed by atoms with Crippen LogP contribution in [0.15, 0.2) is 85.3 Å². The van der Waals surface area contributed by atoms with Crippen LogP contribution < -0.4 is 0 Å². The molecule has 4 aromatic rings. The van der Waals surface area contributed by atoms with Gasteiger partial charge in [-0.3, -0.25) is 4.39 Å². The monoisotopic (exact) mass is 643 g/mol. The average Bonchev–Trinajstić information content (AvgIpc) is 3.36. The van der Waals surface area contributed by atoms with Crippen molar-refractivity contribution in [3.63, 3.8) is 0 Å². The van der Waals surface area contributed by atoms with Gasteiger partial charge in [0.25, 0.3) is 0 Å². The Bertz CT molecular complexity index is 1340. The molecule has 0 bridgehead atoms. The molecule has 0 spiro atoms. The Hall–Kier alpha value is -3.34. The summed E-state index contributed by atoms with van der Waals surface area (Å²) < 4.78 is 26.2. The van der Waals surface area contributed by atoms with Crippen LogP contribution in [-0.2, 0) is 26.5 Å². The molecule has 3 heterocycles. The van der Waals surface area contributed by atoms with Crippen molar-refractivity contribution >= 4 is 0 Å². The number of pyridine rings is 1. The van der Waals surface area contributed by atoms with Crippen LogP contribution in [0.4, 0.5) is 8.78 Å². The summed E-state index contributed by atoms with van der Waals surface area (Å²) in [4.78, 5) is 6.60. The van der Waals surface area contributed by atoms with E-state index < -0.39 is 11.6 Å². The molecule has 0 aliphatic carbocycles. The summed E-state index contributed by atoms with van der Waals surface area (Å²) in [7, 11) is 0. The van der Waals surface area contributed by atoms with Gasteiger partial charge in [-0.05, 0) is 36.1 Å². The van der Waals surface area contributed by atoms with E-state index in [4.69, 9.17) is 0 Å². The smallest absolute Gasteiger partial charge is 0.668 e. The van der Waals surface area contributed by atoms with E-state index in [0.717, 1.165) is 41.8 Å². The normalized spacial score (nSPS) is 15.2. The predicted octanol–water partition coefficient (Wildman–Crippen LogP) is 7.00. The van der Waals surface area contributed by atoms with Crippen molar-refractivity contribution < 1.29 is 28.9 Å². The molecule has 35 heavy (non-hydrogen) atoms. The number of aryl methyl sites for hydroxylation is 1. The second kappa shape index (κ2) is 10.9. The van der Waals surface area contributed by atoms with Crippen molar-refractivity contribution in [2.45, 2.75) is 19.5 Å². The molecule has 1 atom stereocenters. The summed E-state index contributed by atoms with van der Waals surface area (Å²) in [5.74, 6) is -1.80. The van der Waals surface area contributed by atoms with Crippen molar-refractivity contribution in [3.05, 3.63) is 131 Å². The molecular weight excluding hydrogens is 621 g/mol. The fraction of sp³-hybridized carbons (Fsp3) is 0.138. The molecule has 2 aliphatic heterocycles. The van der Waals surface area contributed by atoms with E-state index in [2.05, 4.69) is 45.7 Å². The number of halogens is 2. The van der Waals surface area contributed by atoms with Gasteiger partial charge in [-0.2, -0.15) is 41.6 Å². The Morgan fingerprint density at radius 3 is 2.63 bits per heavy atom. The zero-order valence-corrected chi connectivity index (χ0v) is 21.4. The fourth-order valence-electron chi connectivity index (χ4n) is 4.22. The second-order valence-corrected chi connectivity index (χ2v) is 8.21. The molecule has 176 valence electrons. The number of hydrogen-bond donors (Lipinski definition) is 0. The quantitative estimate of drug-likeness (QED) is 0.221. The third-order valence-corrected chi connectivity index (χ3v) is 6.00. The van der Waals surface area contributed by atoms with Crippen LogP contribution in [0.5, 0.6) is 0 Å². The summed E-state index contributed by atoms with van der Waals surface area (Å²) in [6.07, 6.45) is 7.03. The Morgan fingerprint density at radius 1 is 1.03 bits per heavy atom. The van der Waals surface area contributed by atoms with E-state index >= 15 is 0 Å². The first-order valence-corrected chi connectivity index (χ1v) is 11.1. The average molecular weight is 643 g/mol. The molecular formula is C29H22F2IrN3. The van der Waals surface area contributed by atoms with Crippen molar-refractivity contribution in [3.8, 4) is 22.4 Å². The number of rotatable bonds is 2. The van der Waals surface area contributed by atoms with Gasteiger partial charge in [-0.15, -0.1) is 23.8 Å². The molecule has 6 heteroatoms. The van der Waals surface area contributed by atoms with Crippen LogP contribution in [-0.4, -0.2) is 16.4 Å². The van der Waals surface area contributed by atoms with Gasteiger partial charge in [-0.25, -0.2) is 4.39 Å². The third-order valence-electron chi connectivity index (χ3n) is 6.00. The van der Waals surface area contributed by atoms with Gasteiger partial charge in [0.15, 0.2) is 0 Å². The van der Waals surface area contributed by atoms with Gasteiger partial charge in [0.1, 0.15) is 0 Å². The Labute approximate surface area is 217 Å². The van der Waals surface area contributed by atoms with E-state index in [1.807, 2.05) is 55.6 Å². The Balaban J connectivity index is 0.000000177. The summed E-state index contributed by atoms with van der Waals surface area (Å²) in [6.45, 7) is 3.04. The molecule has 0 radical (unpaired) electrons. The van der Waals surface area contributed by atoms with Crippen LogP contribution in [0.25, 0.3) is 27.7 Å². The van der Waals surface area contributed by atoms with E-state index in [0.29, 0.717) is 11.3 Å². The molecule has 2 aliphatic rings. The molecule has 0 amide bonds. The maximum Gasteiger partial charge on any atom is 3.00 e. The van der Waals surface area contributed by atoms with Gasteiger partial charge < -0.3 is 15.2 Å². The van der Waals surface area contributed by atoms with Crippen molar-refractivity contribution in [2.24, 2.45) is 0 Å². The van der Waals surface area contributed by atoms with Crippen molar-refractivity contribution in [1.82, 2.24) is 9.88 Å². The Kier molecular flexibility index (Phi) is 7.74. The van der Waals surface area contributed by atoms with Crippen LogP contribution in [0.2, 0.25) is 0 Å². The van der Waals surface area contributed by atoms with Gasteiger partial charge in [0, 0.05) is 18.3 Å². The first kappa shape index (κ1) is 24.8. The van der Waals surface area contributed by atoms with Crippen LogP contribution >= 0.6 is 0 Å². The molecule has 0 saturated carbocycles. The number of aromatic nitrogens is 1. The molecule has 1 unspecified atom stereocenters. The molecule has 3 nitrogen and oxygen atoms in total.